The summed E-state index contributed by atoms with van der Waals surface area (Å²) < 4.78 is 5.37. The number of nitrogen functional groups attached to an aromatic ring is 1. The van der Waals surface area contributed by atoms with Crippen LogP contribution in [0.2, 0.25) is 0 Å². The lowest BCUT2D eigenvalue weighted by Crippen LogP contribution is -2.27. The van der Waals surface area contributed by atoms with Gasteiger partial charge < -0.3 is 10.6 Å². The summed E-state index contributed by atoms with van der Waals surface area (Å²) in [6.45, 7) is 0.449. The zero-order valence-electron chi connectivity index (χ0n) is 9.63. The largest absolute Gasteiger partial charge is 0.379 e. The third-order valence-electron chi connectivity index (χ3n) is 2.37. The topological polar surface area (TPSA) is 85.2 Å². The molecule has 94 valence electrons. The fourth-order valence-corrected chi connectivity index (χ4v) is 1.95. The van der Waals surface area contributed by atoms with Crippen molar-refractivity contribution < 1.29 is 9.42 Å². The molecule has 0 fully saturated rings. The molecule has 18 heavy (non-hydrogen) atoms. The van der Waals surface area contributed by atoms with E-state index in [0.29, 0.717) is 6.54 Å². The Hall–Kier alpha value is -1.89. The van der Waals surface area contributed by atoms with Gasteiger partial charge in [-0.15, -0.1) is 0 Å². The number of rotatable bonds is 3. The number of amides is 1. The zero-order valence-corrected chi connectivity index (χ0v) is 11.2. The van der Waals surface area contributed by atoms with E-state index in [9.17, 15) is 4.79 Å². The Morgan fingerprint density at radius 2 is 2.28 bits per heavy atom. The Balaban J connectivity index is 2.11. The molecule has 0 atom stereocenters. The summed E-state index contributed by atoms with van der Waals surface area (Å²) in [7, 11) is 1.66. The van der Waals surface area contributed by atoms with Crippen LogP contribution in [0.3, 0.4) is 0 Å². The zero-order chi connectivity index (χ0) is 13.1. The molecule has 0 saturated heterocycles. The van der Waals surface area contributed by atoms with Crippen LogP contribution in [0.1, 0.15) is 16.1 Å². The summed E-state index contributed by atoms with van der Waals surface area (Å²) >= 11 is 3.38. The predicted octanol–water partition coefficient (Wildman–Crippen LogP) is 1.69. The van der Waals surface area contributed by atoms with Crippen molar-refractivity contribution in [3.05, 3.63) is 40.0 Å². The number of hydrogen-bond acceptors (Lipinski definition) is 5. The van der Waals surface area contributed by atoms with Gasteiger partial charge in [-0.2, -0.15) is 0 Å². The number of hydrogen-bond donors (Lipinski definition) is 1. The van der Waals surface area contributed by atoms with Crippen molar-refractivity contribution in [3.63, 3.8) is 0 Å². The summed E-state index contributed by atoms with van der Waals surface area (Å²) in [6, 6.07) is 7.70. The summed E-state index contributed by atoms with van der Waals surface area (Å²) in [6.07, 6.45) is 0. The van der Waals surface area contributed by atoms with Crippen LogP contribution in [-0.4, -0.2) is 28.2 Å². The minimum absolute atomic E-state index is 0.00101. The summed E-state index contributed by atoms with van der Waals surface area (Å²) in [5, 5.41) is 6.86. The van der Waals surface area contributed by atoms with E-state index in [1.54, 1.807) is 7.05 Å². The first kappa shape index (κ1) is 12.6. The Bertz CT molecular complexity index is 570. The molecule has 0 aliphatic heterocycles. The van der Waals surface area contributed by atoms with E-state index in [1.807, 2.05) is 24.3 Å². The number of nitrogens with two attached hydrogens (primary N) is 1. The van der Waals surface area contributed by atoms with Gasteiger partial charge in [-0.1, -0.05) is 28.1 Å². The second kappa shape index (κ2) is 5.18. The van der Waals surface area contributed by atoms with E-state index in [2.05, 4.69) is 30.9 Å². The molecule has 7 heteroatoms. The average molecular weight is 311 g/mol. The molecule has 1 amide bonds. The van der Waals surface area contributed by atoms with Crippen LogP contribution in [0, 0.1) is 0 Å². The van der Waals surface area contributed by atoms with E-state index in [0.717, 1.165) is 10.0 Å². The first-order valence-electron chi connectivity index (χ1n) is 5.16. The van der Waals surface area contributed by atoms with Gasteiger partial charge in [0, 0.05) is 18.1 Å². The Labute approximate surface area is 112 Å². The van der Waals surface area contributed by atoms with Gasteiger partial charge in [0.05, 0.1) is 0 Å². The van der Waals surface area contributed by atoms with E-state index in [-0.39, 0.29) is 17.4 Å². The maximum atomic E-state index is 12.0. The van der Waals surface area contributed by atoms with Crippen LogP contribution in [0.4, 0.5) is 5.82 Å². The lowest BCUT2D eigenvalue weighted by atomic mass is 10.2. The highest BCUT2D eigenvalue weighted by molar-refractivity contribution is 9.10. The van der Waals surface area contributed by atoms with Gasteiger partial charge in [0.1, 0.15) is 0 Å². The summed E-state index contributed by atoms with van der Waals surface area (Å²) in [5.74, 6) is -0.324. The number of anilines is 1. The quantitative estimate of drug-likeness (QED) is 0.932. The number of carbonyl (C=O) groups excluding carboxylic acids is 1. The first-order valence-corrected chi connectivity index (χ1v) is 5.95. The van der Waals surface area contributed by atoms with E-state index >= 15 is 0 Å². The van der Waals surface area contributed by atoms with Crippen molar-refractivity contribution in [2.45, 2.75) is 6.54 Å². The third kappa shape index (κ3) is 2.67. The molecular formula is C11H11BrN4O2. The standard InChI is InChI=1S/C11H11BrN4O2/c1-16(6-7-3-2-4-8(12)5-7)11(17)9-10(13)15-18-14-9/h2-5H,6H2,1H3,(H2,13,15). The van der Waals surface area contributed by atoms with Crippen molar-refractivity contribution in [1.82, 2.24) is 15.2 Å². The fraction of sp³-hybridized carbons (Fsp3) is 0.182. The Morgan fingerprint density at radius 3 is 2.89 bits per heavy atom. The highest BCUT2D eigenvalue weighted by atomic mass is 79.9. The number of carbonyl (C=O) groups is 1. The fourth-order valence-electron chi connectivity index (χ4n) is 1.51. The van der Waals surface area contributed by atoms with Crippen LogP contribution in [0.15, 0.2) is 33.4 Å². The molecule has 0 aliphatic carbocycles. The van der Waals surface area contributed by atoms with Gasteiger partial charge in [0.25, 0.3) is 5.91 Å². The van der Waals surface area contributed by atoms with Crippen molar-refractivity contribution in [3.8, 4) is 0 Å². The SMILES string of the molecule is CN(Cc1cccc(Br)c1)C(=O)c1nonc1N. The molecule has 0 unspecified atom stereocenters. The molecule has 1 aromatic carbocycles. The molecule has 1 aromatic heterocycles. The van der Waals surface area contributed by atoms with Crippen molar-refractivity contribution >= 4 is 27.7 Å². The van der Waals surface area contributed by atoms with E-state index in [4.69, 9.17) is 5.73 Å². The normalized spacial score (nSPS) is 10.3. The van der Waals surface area contributed by atoms with Crippen LogP contribution >= 0.6 is 15.9 Å². The average Bonchev–Trinajstić information content (AvgIpc) is 2.74. The van der Waals surface area contributed by atoms with E-state index < -0.39 is 0 Å². The molecule has 2 aromatic rings. The van der Waals surface area contributed by atoms with E-state index in [1.165, 1.54) is 4.90 Å². The van der Waals surface area contributed by atoms with Gasteiger partial charge in [-0.3, -0.25) is 4.79 Å². The highest BCUT2D eigenvalue weighted by Gasteiger charge is 2.20. The maximum Gasteiger partial charge on any atom is 0.280 e. The summed E-state index contributed by atoms with van der Waals surface area (Å²) in [4.78, 5) is 13.5. The number of benzene rings is 1. The lowest BCUT2D eigenvalue weighted by Gasteiger charge is -2.15. The number of nitrogens with zero attached hydrogens (tertiary/aromatic N) is 3. The Kier molecular flexibility index (Phi) is 3.61. The van der Waals surface area contributed by atoms with Gasteiger partial charge in [-0.05, 0) is 28.0 Å². The molecule has 0 bridgehead atoms. The first-order chi connectivity index (χ1) is 8.58. The monoisotopic (exact) mass is 310 g/mol. The number of aromatic nitrogens is 2. The van der Waals surface area contributed by atoms with Crippen molar-refractivity contribution in [1.29, 1.82) is 0 Å². The Morgan fingerprint density at radius 1 is 1.50 bits per heavy atom. The predicted molar refractivity (Wildman–Crippen MR) is 68.6 cm³/mol. The molecule has 6 nitrogen and oxygen atoms in total. The van der Waals surface area contributed by atoms with Gasteiger partial charge >= 0.3 is 0 Å². The van der Waals surface area contributed by atoms with Crippen LogP contribution in [0.5, 0.6) is 0 Å². The molecular weight excluding hydrogens is 300 g/mol. The lowest BCUT2D eigenvalue weighted by molar-refractivity contribution is 0.0774. The van der Waals surface area contributed by atoms with Gasteiger partial charge in [-0.25, -0.2) is 4.63 Å². The van der Waals surface area contributed by atoms with Gasteiger partial charge in [0.15, 0.2) is 0 Å². The number of halogens is 1. The molecule has 0 radical (unpaired) electrons. The minimum Gasteiger partial charge on any atom is -0.379 e. The molecule has 0 saturated carbocycles. The molecule has 2 rings (SSSR count). The molecule has 2 N–H and O–H groups in total. The minimum atomic E-state index is -0.325. The van der Waals surface area contributed by atoms with Gasteiger partial charge in [0.2, 0.25) is 11.5 Å². The second-order valence-corrected chi connectivity index (χ2v) is 4.70. The van der Waals surface area contributed by atoms with Crippen molar-refractivity contribution in [2.75, 3.05) is 12.8 Å². The smallest absolute Gasteiger partial charge is 0.280 e. The van der Waals surface area contributed by atoms with Crippen LogP contribution in [0.25, 0.3) is 0 Å². The summed E-state index contributed by atoms with van der Waals surface area (Å²) in [5.41, 5.74) is 6.50. The third-order valence-corrected chi connectivity index (χ3v) is 2.87. The van der Waals surface area contributed by atoms with Crippen LogP contribution in [-0.2, 0) is 6.54 Å². The molecule has 1 heterocycles. The van der Waals surface area contributed by atoms with Crippen molar-refractivity contribution in [2.24, 2.45) is 0 Å². The molecule has 0 spiro atoms. The molecule has 0 aliphatic rings. The second-order valence-electron chi connectivity index (χ2n) is 3.79. The highest BCUT2D eigenvalue weighted by Crippen LogP contribution is 2.14. The maximum absolute atomic E-state index is 12.0. The van der Waals surface area contributed by atoms with Crippen LogP contribution < -0.4 is 5.73 Å².